The van der Waals surface area contributed by atoms with Crippen molar-refractivity contribution in [2.24, 2.45) is 5.73 Å². The van der Waals surface area contributed by atoms with E-state index in [2.05, 4.69) is 25.2 Å². The van der Waals surface area contributed by atoms with Crippen LogP contribution in [0.2, 0.25) is 0 Å². The van der Waals surface area contributed by atoms with Crippen LogP contribution in [0.25, 0.3) is 11.2 Å². The lowest BCUT2D eigenvalue weighted by Crippen LogP contribution is -2.50. The van der Waals surface area contributed by atoms with Crippen molar-refractivity contribution in [3.05, 3.63) is 53.5 Å². The molecule has 0 spiro atoms. The van der Waals surface area contributed by atoms with Gasteiger partial charge in [0.1, 0.15) is 5.52 Å². The zero-order valence-electron chi connectivity index (χ0n) is 16.8. The van der Waals surface area contributed by atoms with Crippen LogP contribution < -0.4 is 11.1 Å². The Labute approximate surface area is 173 Å². The number of aromatic nitrogens is 3. The monoisotopic (exact) mass is 404 g/mol. The highest BCUT2D eigenvalue weighted by atomic mass is 16.2. The number of aryl methyl sites for hydroxylation is 1. The van der Waals surface area contributed by atoms with Gasteiger partial charge in [0, 0.05) is 29.9 Å². The van der Waals surface area contributed by atoms with Gasteiger partial charge in [0.25, 0.3) is 11.8 Å². The lowest BCUT2D eigenvalue weighted by molar-refractivity contribution is 0.0582. The smallest absolute Gasteiger partial charge is 0.254 e. The van der Waals surface area contributed by atoms with Crippen LogP contribution in [-0.2, 0) is 0 Å². The average Bonchev–Trinajstić information content (AvgIpc) is 3.30. The summed E-state index contributed by atoms with van der Waals surface area (Å²) in [6.45, 7) is 1.98. The van der Waals surface area contributed by atoms with Gasteiger partial charge in [-0.15, -0.1) is 0 Å². The normalized spacial score (nSPS) is 23.0. The number of amides is 2. The number of aromatic amines is 1. The molecule has 4 N–H and O–H groups in total. The number of nitrogens with zero attached hydrogens (tertiary/aromatic N) is 3. The first-order valence-corrected chi connectivity index (χ1v) is 10.3. The molecule has 8 heteroatoms. The highest BCUT2D eigenvalue weighted by Gasteiger charge is 2.44. The van der Waals surface area contributed by atoms with Gasteiger partial charge >= 0.3 is 0 Å². The van der Waals surface area contributed by atoms with Crippen LogP contribution in [0.3, 0.4) is 0 Å². The Morgan fingerprint density at radius 2 is 1.87 bits per heavy atom. The third-order valence-corrected chi connectivity index (χ3v) is 6.41. The maximum absolute atomic E-state index is 13.3. The van der Waals surface area contributed by atoms with Crippen molar-refractivity contribution in [3.63, 3.8) is 0 Å². The predicted octanol–water partition coefficient (Wildman–Crippen LogP) is 2.61. The minimum Gasteiger partial charge on any atom is -0.380 e. The number of piperidine rings is 1. The molecule has 2 aliphatic rings. The van der Waals surface area contributed by atoms with Crippen LogP contribution in [0.4, 0.5) is 5.69 Å². The number of pyridine rings is 1. The van der Waals surface area contributed by atoms with Crippen molar-refractivity contribution in [2.45, 2.75) is 50.7 Å². The number of primary amides is 1. The minimum absolute atomic E-state index is 0.121. The summed E-state index contributed by atoms with van der Waals surface area (Å²) in [5.41, 5.74) is 9.54. The van der Waals surface area contributed by atoms with Gasteiger partial charge < -0.3 is 20.9 Å². The van der Waals surface area contributed by atoms with E-state index in [-0.39, 0.29) is 24.0 Å². The number of hydrogen-bond acceptors (Lipinski definition) is 5. The Morgan fingerprint density at radius 1 is 1.13 bits per heavy atom. The maximum Gasteiger partial charge on any atom is 0.254 e. The van der Waals surface area contributed by atoms with E-state index < -0.39 is 5.91 Å². The number of nitrogens with two attached hydrogens (primary N) is 1. The van der Waals surface area contributed by atoms with Crippen LogP contribution >= 0.6 is 0 Å². The second kappa shape index (κ2) is 7.12. The van der Waals surface area contributed by atoms with Gasteiger partial charge in [-0.25, -0.2) is 9.97 Å². The summed E-state index contributed by atoms with van der Waals surface area (Å²) < 4.78 is 0. The molecule has 2 aliphatic heterocycles. The summed E-state index contributed by atoms with van der Waals surface area (Å²) >= 11 is 0. The SMILES string of the molecule is Cc1ccccc1C(=O)N1[C@@H]2CC[C@H]1C[C@H](Nc1c(C(N)=O)cnc3[nH]cnc13)C2. The van der Waals surface area contributed by atoms with E-state index in [1.807, 2.05) is 31.2 Å². The number of H-pyrrole nitrogens is 1. The fourth-order valence-corrected chi connectivity index (χ4v) is 5.01. The molecule has 0 unspecified atom stereocenters. The number of hydrogen-bond donors (Lipinski definition) is 3. The van der Waals surface area contributed by atoms with Crippen LogP contribution in [0.15, 0.2) is 36.8 Å². The number of carbonyl (C=O) groups excluding carboxylic acids is 2. The number of rotatable bonds is 4. The number of fused-ring (bicyclic) bond motifs is 3. The average molecular weight is 404 g/mol. The van der Waals surface area contributed by atoms with Gasteiger partial charge in [0.2, 0.25) is 0 Å². The summed E-state index contributed by atoms with van der Waals surface area (Å²) in [6, 6.07) is 8.25. The number of carbonyl (C=O) groups is 2. The van der Waals surface area contributed by atoms with E-state index in [0.717, 1.165) is 36.8 Å². The first kappa shape index (κ1) is 18.6. The van der Waals surface area contributed by atoms with Gasteiger partial charge in [-0.2, -0.15) is 0 Å². The van der Waals surface area contributed by atoms with E-state index in [0.29, 0.717) is 22.4 Å². The summed E-state index contributed by atoms with van der Waals surface area (Å²) in [4.78, 5) is 38.8. The predicted molar refractivity (Wildman–Crippen MR) is 113 cm³/mol. The molecular weight excluding hydrogens is 380 g/mol. The summed E-state index contributed by atoms with van der Waals surface area (Å²) in [5.74, 6) is -0.416. The topological polar surface area (TPSA) is 117 Å². The van der Waals surface area contributed by atoms with E-state index in [1.54, 1.807) is 6.33 Å². The molecule has 154 valence electrons. The zero-order chi connectivity index (χ0) is 20.8. The van der Waals surface area contributed by atoms with Crippen molar-refractivity contribution in [1.82, 2.24) is 19.9 Å². The van der Waals surface area contributed by atoms with Crippen molar-refractivity contribution >= 4 is 28.7 Å². The highest BCUT2D eigenvalue weighted by molar-refractivity contribution is 6.04. The molecule has 1 aromatic carbocycles. The third kappa shape index (κ3) is 2.99. The fourth-order valence-electron chi connectivity index (χ4n) is 5.01. The number of benzene rings is 1. The summed E-state index contributed by atoms with van der Waals surface area (Å²) in [5, 5.41) is 3.51. The van der Waals surface area contributed by atoms with E-state index in [9.17, 15) is 9.59 Å². The molecule has 3 atom stereocenters. The van der Waals surface area contributed by atoms with Crippen molar-refractivity contribution in [3.8, 4) is 0 Å². The zero-order valence-corrected chi connectivity index (χ0v) is 16.8. The second-order valence-corrected chi connectivity index (χ2v) is 8.24. The Bertz CT molecular complexity index is 1130. The third-order valence-electron chi connectivity index (χ3n) is 6.41. The number of nitrogens with one attached hydrogen (secondary N) is 2. The van der Waals surface area contributed by atoms with Gasteiger partial charge in [-0.05, 0) is 44.2 Å². The van der Waals surface area contributed by atoms with Crippen LogP contribution in [0, 0.1) is 6.92 Å². The minimum atomic E-state index is -0.537. The first-order valence-electron chi connectivity index (χ1n) is 10.3. The van der Waals surface area contributed by atoms with E-state index in [1.165, 1.54) is 6.20 Å². The Kier molecular flexibility index (Phi) is 4.42. The Morgan fingerprint density at radius 3 is 2.57 bits per heavy atom. The molecule has 2 saturated heterocycles. The quantitative estimate of drug-likeness (QED) is 0.618. The molecule has 2 amide bonds. The standard InChI is InChI=1S/C22H24N6O2/c1-12-4-2-3-5-16(12)22(30)28-14-6-7-15(28)9-13(8-14)27-18-17(20(23)29)10-24-21-19(18)25-11-26-21/h2-5,10-11,13-15H,6-9H2,1H3,(H2,23,29)(H2,24,25,26,27)/t13-,14-,15+. The van der Waals surface area contributed by atoms with Crippen LogP contribution in [0.5, 0.6) is 0 Å². The molecule has 2 aromatic heterocycles. The molecule has 8 nitrogen and oxygen atoms in total. The lowest BCUT2D eigenvalue weighted by atomic mass is 9.95. The van der Waals surface area contributed by atoms with Gasteiger partial charge in [-0.3, -0.25) is 9.59 Å². The largest absolute Gasteiger partial charge is 0.380 e. The number of anilines is 1. The molecule has 3 aromatic rings. The van der Waals surface area contributed by atoms with Crippen molar-refractivity contribution in [1.29, 1.82) is 0 Å². The summed E-state index contributed by atoms with van der Waals surface area (Å²) in [7, 11) is 0. The molecule has 0 saturated carbocycles. The molecule has 30 heavy (non-hydrogen) atoms. The molecule has 5 rings (SSSR count). The molecule has 4 heterocycles. The van der Waals surface area contributed by atoms with Crippen LogP contribution in [-0.4, -0.2) is 49.8 Å². The summed E-state index contributed by atoms with van der Waals surface area (Å²) in [6.07, 6.45) is 6.67. The van der Waals surface area contributed by atoms with E-state index in [4.69, 9.17) is 5.73 Å². The van der Waals surface area contributed by atoms with Crippen molar-refractivity contribution in [2.75, 3.05) is 5.32 Å². The highest BCUT2D eigenvalue weighted by Crippen LogP contribution is 2.39. The van der Waals surface area contributed by atoms with Crippen molar-refractivity contribution < 1.29 is 9.59 Å². The maximum atomic E-state index is 13.3. The van der Waals surface area contributed by atoms with Crippen LogP contribution in [0.1, 0.15) is 52.0 Å². The molecule has 2 fully saturated rings. The fraction of sp³-hybridized carbons (Fsp3) is 0.364. The Balaban J connectivity index is 1.40. The van der Waals surface area contributed by atoms with E-state index >= 15 is 0 Å². The first-order chi connectivity index (χ1) is 14.5. The lowest BCUT2D eigenvalue weighted by Gasteiger charge is -2.40. The molecule has 0 radical (unpaired) electrons. The van der Waals surface area contributed by atoms with Gasteiger partial charge in [0.15, 0.2) is 5.65 Å². The number of imidazole rings is 1. The van der Waals surface area contributed by atoms with Gasteiger partial charge in [0.05, 0.1) is 17.6 Å². The molecular formula is C22H24N6O2. The molecule has 0 aliphatic carbocycles. The second-order valence-electron chi connectivity index (χ2n) is 8.24. The van der Waals surface area contributed by atoms with Gasteiger partial charge in [-0.1, -0.05) is 18.2 Å². The molecule has 2 bridgehead atoms. The Hall–Kier alpha value is -3.42.